The molecule has 28 heavy (non-hydrogen) atoms. The van der Waals surface area contributed by atoms with Crippen LogP contribution in [0.1, 0.15) is 11.4 Å². The largest absolute Gasteiger partial charge is 0.484 e. The van der Waals surface area contributed by atoms with E-state index in [-0.39, 0.29) is 12.5 Å². The first-order valence-corrected chi connectivity index (χ1v) is 9.48. The number of rotatable bonds is 8. The molecule has 0 atom stereocenters. The van der Waals surface area contributed by atoms with Gasteiger partial charge in [0.25, 0.3) is 5.91 Å². The van der Waals surface area contributed by atoms with Crippen LogP contribution in [0.5, 0.6) is 5.75 Å². The van der Waals surface area contributed by atoms with Gasteiger partial charge in [-0.15, -0.1) is 0 Å². The number of amides is 1. The van der Waals surface area contributed by atoms with Crippen LogP contribution in [0.3, 0.4) is 0 Å². The number of morpholine rings is 1. The molecule has 8 heteroatoms. The summed E-state index contributed by atoms with van der Waals surface area (Å²) in [6.45, 7) is 7.97. The van der Waals surface area contributed by atoms with Crippen molar-refractivity contribution in [2.24, 2.45) is 0 Å². The Bertz CT molecular complexity index is 793. The average Bonchev–Trinajstić information content (AvgIpc) is 2.70. The molecule has 0 saturated carbocycles. The minimum Gasteiger partial charge on any atom is -0.484 e. The highest BCUT2D eigenvalue weighted by molar-refractivity contribution is 5.77. The Balaban J connectivity index is 1.41. The third-order valence-electron chi connectivity index (χ3n) is 4.27. The Hall–Kier alpha value is -2.87. The zero-order chi connectivity index (χ0) is 19.8. The summed E-state index contributed by atoms with van der Waals surface area (Å²) in [5, 5.41) is 6.07. The van der Waals surface area contributed by atoms with Gasteiger partial charge in [-0.05, 0) is 31.5 Å². The molecule has 1 aliphatic rings. The molecule has 0 spiro atoms. The van der Waals surface area contributed by atoms with Gasteiger partial charge in [0.05, 0.1) is 13.2 Å². The molecular weight excluding hydrogens is 358 g/mol. The molecule has 0 unspecified atom stereocenters. The van der Waals surface area contributed by atoms with Gasteiger partial charge in [0.1, 0.15) is 23.2 Å². The standard InChI is InChI=1S/C20H27N5O3/c1-15-4-3-5-17(12-15)28-14-20(26)22-7-6-21-18-13-19(24-16(2)23-18)25-8-10-27-11-9-25/h3-5,12-13H,6-11,14H2,1-2H3,(H,22,26)(H,21,23,24). The lowest BCUT2D eigenvalue weighted by Gasteiger charge is -2.28. The van der Waals surface area contributed by atoms with Crippen molar-refractivity contribution in [1.29, 1.82) is 0 Å². The Morgan fingerprint density at radius 2 is 2.00 bits per heavy atom. The number of anilines is 2. The molecule has 0 aliphatic carbocycles. The second kappa shape index (κ2) is 9.89. The van der Waals surface area contributed by atoms with Gasteiger partial charge in [-0.2, -0.15) is 0 Å². The summed E-state index contributed by atoms with van der Waals surface area (Å²) < 4.78 is 10.9. The number of carbonyl (C=O) groups is 1. The zero-order valence-electron chi connectivity index (χ0n) is 16.4. The van der Waals surface area contributed by atoms with Crippen molar-refractivity contribution in [2.45, 2.75) is 13.8 Å². The van der Waals surface area contributed by atoms with Crippen molar-refractivity contribution in [3.05, 3.63) is 41.7 Å². The lowest BCUT2D eigenvalue weighted by molar-refractivity contribution is -0.123. The summed E-state index contributed by atoms with van der Waals surface area (Å²) in [4.78, 5) is 23.0. The molecule has 0 radical (unpaired) electrons. The topological polar surface area (TPSA) is 88.6 Å². The minimum atomic E-state index is -0.156. The monoisotopic (exact) mass is 385 g/mol. The van der Waals surface area contributed by atoms with Crippen LogP contribution >= 0.6 is 0 Å². The van der Waals surface area contributed by atoms with Crippen LogP contribution in [0.15, 0.2) is 30.3 Å². The van der Waals surface area contributed by atoms with E-state index in [2.05, 4.69) is 25.5 Å². The highest BCUT2D eigenvalue weighted by Crippen LogP contribution is 2.17. The molecule has 2 aromatic rings. The maximum Gasteiger partial charge on any atom is 0.258 e. The zero-order valence-corrected chi connectivity index (χ0v) is 16.4. The van der Waals surface area contributed by atoms with Crippen LogP contribution in [0.25, 0.3) is 0 Å². The first-order chi connectivity index (χ1) is 13.6. The Morgan fingerprint density at radius 3 is 2.79 bits per heavy atom. The average molecular weight is 385 g/mol. The number of nitrogens with zero attached hydrogens (tertiary/aromatic N) is 3. The molecule has 1 fully saturated rings. The van der Waals surface area contributed by atoms with E-state index in [0.29, 0.717) is 37.9 Å². The van der Waals surface area contributed by atoms with Crippen LogP contribution in [0.4, 0.5) is 11.6 Å². The van der Waals surface area contributed by atoms with Crippen molar-refractivity contribution in [3.63, 3.8) is 0 Å². The van der Waals surface area contributed by atoms with E-state index < -0.39 is 0 Å². The van der Waals surface area contributed by atoms with E-state index >= 15 is 0 Å². The Morgan fingerprint density at radius 1 is 1.18 bits per heavy atom. The van der Waals surface area contributed by atoms with Gasteiger partial charge in [0.2, 0.25) is 0 Å². The quantitative estimate of drug-likeness (QED) is 0.666. The first kappa shape index (κ1) is 19.9. The summed E-state index contributed by atoms with van der Waals surface area (Å²) in [6.07, 6.45) is 0. The number of hydrogen-bond donors (Lipinski definition) is 2. The van der Waals surface area contributed by atoms with Gasteiger partial charge in [0.15, 0.2) is 6.61 Å². The number of aromatic nitrogens is 2. The molecule has 0 bridgehead atoms. The summed E-state index contributed by atoms with van der Waals surface area (Å²) >= 11 is 0. The van der Waals surface area contributed by atoms with Crippen molar-refractivity contribution in [3.8, 4) is 5.75 Å². The second-order valence-corrected chi connectivity index (χ2v) is 6.64. The number of benzene rings is 1. The van der Waals surface area contributed by atoms with E-state index in [1.807, 2.05) is 44.2 Å². The smallest absolute Gasteiger partial charge is 0.258 e. The summed E-state index contributed by atoms with van der Waals surface area (Å²) in [5.41, 5.74) is 1.10. The Kier molecular flexibility index (Phi) is 7.02. The third-order valence-corrected chi connectivity index (χ3v) is 4.27. The van der Waals surface area contributed by atoms with E-state index in [1.54, 1.807) is 0 Å². The molecule has 2 heterocycles. The number of aryl methyl sites for hydroxylation is 2. The number of ether oxygens (including phenoxy) is 2. The summed E-state index contributed by atoms with van der Waals surface area (Å²) in [5.74, 6) is 2.90. The van der Waals surface area contributed by atoms with Crippen LogP contribution in [-0.4, -0.2) is 61.9 Å². The van der Waals surface area contributed by atoms with Gasteiger partial charge in [-0.25, -0.2) is 9.97 Å². The van der Waals surface area contributed by atoms with Crippen molar-refractivity contribution < 1.29 is 14.3 Å². The van der Waals surface area contributed by atoms with E-state index in [1.165, 1.54) is 0 Å². The molecule has 1 aliphatic heterocycles. The Labute approximate surface area is 165 Å². The van der Waals surface area contributed by atoms with Crippen molar-refractivity contribution in [1.82, 2.24) is 15.3 Å². The molecule has 8 nitrogen and oxygen atoms in total. The molecule has 150 valence electrons. The lowest BCUT2D eigenvalue weighted by atomic mass is 10.2. The fraction of sp³-hybridized carbons (Fsp3) is 0.450. The number of hydrogen-bond acceptors (Lipinski definition) is 7. The predicted molar refractivity (Wildman–Crippen MR) is 108 cm³/mol. The molecule has 1 aromatic carbocycles. The highest BCUT2D eigenvalue weighted by atomic mass is 16.5. The summed E-state index contributed by atoms with van der Waals surface area (Å²) in [7, 11) is 0. The van der Waals surface area contributed by atoms with E-state index in [9.17, 15) is 4.79 Å². The maximum absolute atomic E-state index is 11.9. The van der Waals surface area contributed by atoms with Crippen LogP contribution in [-0.2, 0) is 9.53 Å². The third kappa shape index (κ3) is 6.09. The van der Waals surface area contributed by atoms with Gasteiger partial charge < -0.3 is 25.0 Å². The predicted octanol–water partition coefficient (Wildman–Crippen LogP) is 1.54. The van der Waals surface area contributed by atoms with Gasteiger partial charge in [-0.3, -0.25) is 4.79 Å². The van der Waals surface area contributed by atoms with E-state index in [0.717, 1.165) is 30.3 Å². The van der Waals surface area contributed by atoms with Crippen LogP contribution in [0, 0.1) is 13.8 Å². The lowest BCUT2D eigenvalue weighted by Crippen LogP contribution is -2.37. The first-order valence-electron chi connectivity index (χ1n) is 9.48. The normalized spacial score (nSPS) is 13.9. The van der Waals surface area contributed by atoms with Crippen molar-refractivity contribution >= 4 is 17.5 Å². The molecule has 2 N–H and O–H groups in total. The summed E-state index contributed by atoms with van der Waals surface area (Å²) in [6, 6.07) is 9.56. The van der Waals surface area contributed by atoms with Gasteiger partial charge >= 0.3 is 0 Å². The van der Waals surface area contributed by atoms with Crippen molar-refractivity contribution in [2.75, 3.05) is 56.2 Å². The van der Waals surface area contributed by atoms with E-state index in [4.69, 9.17) is 9.47 Å². The number of nitrogens with one attached hydrogen (secondary N) is 2. The minimum absolute atomic E-state index is 0.00273. The van der Waals surface area contributed by atoms with Crippen LogP contribution in [0.2, 0.25) is 0 Å². The SMILES string of the molecule is Cc1cccc(OCC(=O)NCCNc2cc(N3CCOCC3)nc(C)n2)c1. The highest BCUT2D eigenvalue weighted by Gasteiger charge is 2.14. The maximum atomic E-state index is 11.9. The van der Waals surface area contributed by atoms with Gasteiger partial charge in [-0.1, -0.05) is 12.1 Å². The fourth-order valence-electron chi connectivity index (χ4n) is 2.89. The molecule has 3 rings (SSSR count). The number of carbonyl (C=O) groups excluding carboxylic acids is 1. The van der Waals surface area contributed by atoms with Gasteiger partial charge in [0, 0.05) is 32.2 Å². The fourth-order valence-corrected chi connectivity index (χ4v) is 2.89. The second-order valence-electron chi connectivity index (χ2n) is 6.64. The molecule has 1 amide bonds. The molecule has 1 saturated heterocycles. The molecular formula is C20H27N5O3. The van der Waals surface area contributed by atoms with Crippen LogP contribution < -0.4 is 20.3 Å². The molecule has 1 aromatic heterocycles.